The van der Waals surface area contributed by atoms with Crippen molar-refractivity contribution >= 4 is 0 Å². The zero-order valence-corrected chi connectivity index (χ0v) is 10.5. The Balaban J connectivity index is 2.52. The zero-order valence-electron chi connectivity index (χ0n) is 10.5. The van der Waals surface area contributed by atoms with Crippen molar-refractivity contribution in [2.75, 3.05) is 6.54 Å². The van der Waals surface area contributed by atoms with E-state index in [9.17, 15) is 0 Å². The molecule has 0 fully saturated rings. The Labute approximate surface area is 92.7 Å². The molecule has 0 unspecified atom stereocenters. The maximum Gasteiger partial charge on any atom is 0.107 e. The number of H-pyrrole nitrogens is 1. The molecule has 3 nitrogen and oxygen atoms in total. The van der Waals surface area contributed by atoms with Crippen molar-refractivity contribution in [3.05, 3.63) is 17.2 Å². The highest BCUT2D eigenvalue weighted by molar-refractivity contribution is 5.16. The fourth-order valence-corrected chi connectivity index (χ4v) is 1.70. The van der Waals surface area contributed by atoms with E-state index in [1.807, 2.05) is 0 Å². The van der Waals surface area contributed by atoms with Gasteiger partial charge >= 0.3 is 0 Å². The predicted octanol–water partition coefficient (Wildman–Crippen LogP) is 2.38. The minimum atomic E-state index is 0.507. The van der Waals surface area contributed by atoms with Crippen molar-refractivity contribution < 1.29 is 0 Å². The molecule has 0 aliphatic heterocycles. The maximum atomic E-state index is 4.61. The fourth-order valence-electron chi connectivity index (χ4n) is 1.70. The third-order valence-electron chi connectivity index (χ3n) is 2.43. The van der Waals surface area contributed by atoms with Crippen LogP contribution >= 0.6 is 0 Å². The van der Waals surface area contributed by atoms with Gasteiger partial charge in [0.1, 0.15) is 5.82 Å². The molecule has 0 spiro atoms. The first-order valence-corrected chi connectivity index (χ1v) is 5.79. The molecule has 2 N–H and O–H groups in total. The highest BCUT2D eigenvalue weighted by Crippen LogP contribution is 2.15. The van der Waals surface area contributed by atoms with Crippen molar-refractivity contribution in [3.63, 3.8) is 0 Å². The molecule has 0 amide bonds. The van der Waals surface area contributed by atoms with Gasteiger partial charge in [-0.1, -0.05) is 27.7 Å². The third kappa shape index (κ3) is 3.67. The van der Waals surface area contributed by atoms with Gasteiger partial charge in [0, 0.05) is 24.7 Å². The number of imidazole rings is 1. The lowest BCUT2D eigenvalue weighted by atomic mass is 10.1. The topological polar surface area (TPSA) is 40.7 Å². The number of nitrogens with one attached hydrogen (secondary N) is 2. The smallest absolute Gasteiger partial charge is 0.107 e. The van der Waals surface area contributed by atoms with Crippen molar-refractivity contribution in [1.82, 2.24) is 15.3 Å². The molecule has 1 rings (SSSR count). The summed E-state index contributed by atoms with van der Waals surface area (Å²) in [7, 11) is 0. The van der Waals surface area contributed by atoms with Gasteiger partial charge < -0.3 is 10.3 Å². The maximum absolute atomic E-state index is 4.61. The number of hydrogen-bond donors (Lipinski definition) is 2. The Morgan fingerprint density at radius 2 is 1.93 bits per heavy atom. The van der Waals surface area contributed by atoms with Crippen LogP contribution in [0.2, 0.25) is 0 Å². The standard InChI is InChI=1S/C12H23N3/c1-8(2)12-10(5)14-11(15-12)6-7-13-9(3)4/h8-9,13H,6-7H2,1-5H3,(H,14,15). The summed E-state index contributed by atoms with van der Waals surface area (Å²) in [5, 5.41) is 3.39. The van der Waals surface area contributed by atoms with E-state index >= 15 is 0 Å². The van der Waals surface area contributed by atoms with Crippen LogP contribution in [0.15, 0.2) is 0 Å². The number of rotatable bonds is 5. The highest BCUT2D eigenvalue weighted by atomic mass is 15.0. The molecule has 1 aromatic heterocycles. The molecule has 1 heterocycles. The van der Waals surface area contributed by atoms with Crippen LogP contribution in [0.5, 0.6) is 0 Å². The highest BCUT2D eigenvalue weighted by Gasteiger charge is 2.09. The molecule has 0 saturated heterocycles. The average molecular weight is 209 g/mol. The van der Waals surface area contributed by atoms with Gasteiger partial charge in [-0.2, -0.15) is 0 Å². The molecule has 15 heavy (non-hydrogen) atoms. The molecule has 0 aromatic carbocycles. The molecule has 0 aliphatic carbocycles. The van der Waals surface area contributed by atoms with Gasteiger partial charge in [-0.15, -0.1) is 0 Å². The minimum Gasteiger partial charge on any atom is -0.346 e. The summed E-state index contributed by atoms with van der Waals surface area (Å²) in [6.45, 7) is 11.8. The SMILES string of the molecule is Cc1[nH]c(CCNC(C)C)nc1C(C)C. The first-order chi connectivity index (χ1) is 7.00. The minimum absolute atomic E-state index is 0.507. The first kappa shape index (κ1) is 12.2. The van der Waals surface area contributed by atoms with Crippen LogP contribution in [-0.4, -0.2) is 22.6 Å². The van der Waals surface area contributed by atoms with E-state index in [1.54, 1.807) is 0 Å². The Kier molecular flexibility index (Phi) is 4.33. The van der Waals surface area contributed by atoms with Crippen molar-refractivity contribution in [3.8, 4) is 0 Å². The molecule has 1 aromatic rings. The number of hydrogen-bond acceptors (Lipinski definition) is 2. The van der Waals surface area contributed by atoms with E-state index < -0.39 is 0 Å². The number of aromatic amines is 1. The Bertz CT molecular complexity index is 300. The molecule has 0 bridgehead atoms. The predicted molar refractivity (Wildman–Crippen MR) is 64.3 cm³/mol. The number of nitrogens with zero attached hydrogens (tertiary/aromatic N) is 1. The summed E-state index contributed by atoms with van der Waals surface area (Å²) in [5.41, 5.74) is 2.42. The van der Waals surface area contributed by atoms with E-state index in [0.717, 1.165) is 18.8 Å². The molecular weight excluding hydrogens is 186 g/mol. The summed E-state index contributed by atoms with van der Waals surface area (Å²) in [4.78, 5) is 7.96. The van der Waals surface area contributed by atoms with Gasteiger partial charge in [-0.3, -0.25) is 0 Å². The molecular formula is C12H23N3. The van der Waals surface area contributed by atoms with Crippen molar-refractivity contribution in [2.24, 2.45) is 0 Å². The van der Waals surface area contributed by atoms with Crippen LogP contribution in [0.3, 0.4) is 0 Å². The lowest BCUT2D eigenvalue weighted by Crippen LogP contribution is -2.25. The van der Waals surface area contributed by atoms with Gasteiger partial charge in [-0.25, -0.2) is 4.98 Å². The van der Waals surface area contributed by atoms with Gasteiger partial charge in [0.2, 0.25) is 0 Å². The second-order valence-electron chi connectivity index (χ2n) is 4.71. The molecule has 0 atom stereocenters. The van der Waals surface area contributed by atoms with Gasteiger partial charge in [0.15, 0.2) is 0 Å². The summed E-state index contributed by atoms with van der Waals surface area (Å²) in [5.74, 6) is 1.61. The van der Waals surface area contributed by atoms with Gasteiger partial charge in [-0.05, 0) is 12.8 Å². The van der Waals surface area contributed by atoms with Crippen LogP contribution in [0, 0.1) is 6.92 Å². The Hall–Kier alpha value is -0.830. The summed E-state index contributed by atoms with van der Waals surface area (Å²) < 4.78 is 0. The largest absolute Gasteiger partial charge is 0.346 e. The lowest BCUT2D eigenvalue weighted by Gasteiger charge is -2.05. The van der Waals surface area contributed by atoms with E-state index in [-0.39, 0.29) is 0 Å². The van der Waals surface area contributed by atoms with Crippen LogP contribution < -0.4 is 5.32 Å². The molecule has 0 aliphatic rings. The first-order valence-electron chi connectivity index (χ1n) is 5.79. The lowest BCUT2D eigenvalue weighted by molar-refractivity contribution is 0.584. The van der Waals surface area contributed by atoms with Gasteiger partial charge in [0.05, 0.1) is 5.69 Å². The monoisotopic (exact) mass is 209 g/mol. The number of aryl methyl sites for hydroxylation is 1. The second kappa shape index (κ2) is 5.31. The van der Waals surface area contributed by atoms with Gasteiger partial charge in [0.25, 0.3) is 0 Å². The average Bonchev–Trinajstić information content (AvgIpc) is 2.46. The summed E-state index contributed by atoms with van der Waals surface area (Å²) >= 11 is 0. The number of aromatic nitrogens is 2. The molecule has 0 radical (unpaired) electrons. The van der Waals surface area contributed by atoms with Crippen LogP contribution in [0.4, 0.5) is 0 Å². The summed E-state index contributed by atoms with van der Waals surface area (Å²) in [6.07, 6.45) is 0.978. The second-order valence-corrected chi connectivity index (χ2v) is 4.71. The van der Waals surface area contributed by atoms with Crippen molar-refractivity contribution in [2.45, 2.75) is 53.0 Å². The van der Waals surface area contributed by atoms with Crippen LogP contribution in [0.25, 0.3) is 0 Å². The van der Waals surface area contributed by atoms with E-state index in [0.29, 0.717) is 12.0 Å². The zero-order chi connectivity index (χ0) is 11.4. The third-order valence-corrected chi connectivity index (χ3v) is 2.43. The Morgan fingerprint density at radius 1 is 1.27 bits per heavy atom. The van der Waals surface area contributed by atoms with E-state index in [2.05, 4.69) is 49.9 Å². The fraction of sp³-hybridized carbons (Fsp3) is 0.750. The molecule has 0 saturated carbocycles. The van der Waals surface area contributed by atoms with E-state index in [1.165, 1.54) is 11.4 Å². The quantitative estimate of drug-likeness (QED) is 0.781. The van der Waals surface area contributed by atoms with Crippen molar-refractivity contribution in [1.29, 1.82) is 0 Å². The normalized spacial score (nSPS) is 11.7. The van der Waals surface area contributed by atoms with E-state index in [4.69, 9.17) is 0 Å². The van der Waals surface area contributed by atoms with Crippen LogP contribution in [0.1, 0.15) is 50.8 Å². The Morgan fingerprint density at radius 3 is 2.40 bits per heavy atom. The molecule has 3 heteroatoms. The van der Waals surface area contributed by atoms with Crippen LogP contribution in [-0.2, 0) is 6.42 Å². The molecule has 86 valence electrons. The summed E-state index contributed by atoms with van der Waals surface area (Å²) in [6, 6.07) is 0.547.